The lowest BCUT2D eigenvalue weighted by atomic mass is 9.99. The van der Waals surface area contributed by atoms with Gasteiger partial charge in [-0.3, -0.25) is 18.6 Å². The average Bonchev–Trinajstić information content (AvgIpc) is 3.27. The van der Waals surface area contributed by atoms with Gasteiger partial charge in [-0.2, -0.15) is 0 Å². The molecule has 11 nitrogen and oxygen atoms in total. The monoisotopic (exact) mass is 913 g/mol. The van der Waals surface area contributed by atoms with Gasteiger partial charge in [-0.1, -0.05) is 191 Å². The first kappa shape index (κ1) is 60.9. The third-order valence-electron chi connectivity index (χ3n) is 11.2. The lowest BCUT2D eigenvalue weighted by molar-refractivity contribution is -0.161. The molecule has 0 heterocycles. The molecule has 0 rings (SSSR count). The van der Waals surface area contributed by atoms with Gasteiger partial charge in [-0.15, -0.1) is 0 Å². The van der Waals surface area contributed by atoms with E-state index in [1.54, 1.807) is 0 Å². The molecule has 0 aromatic heterocycles. The number of esters is 2. The van der Waals surface area contributed by atoms with Crippen LogP contribution in [0.15, 0.2) is 48.6 Å². The van der Waals surface area contributed by atoms with Gasteiger partial charge >= 0.3 is 19.8 Å². The van der Waals surface area contributed by atoms with Crippen molar-refractivity contribution >= 4 is 19.8 Å². The third-order valence-corrected chi connectivity index (χ3v) is 12.1. The number of aliphatic hydroxyl groups is 3. The number of aliphatic hydroxyl groups excluding tert-OH is 3. The summed E-state index contributed by atoms with van der Waals surface area (Å²) >= 11 is 0. The fraction of sp³-hybridized carbons (Fsp3) is 0.804. The molecule has 12 heteroatoms. The van der Waals surface area contributed by atoms with Crippen LogP contribution in [0.4, 0.5) is 0 Å². The largest absolute Gasteiger partial charge is 0.472 e. The number of carbonyl (C=O) groups excluding carboxylic acids is 2. The molecular formula is C51H93O11P. The van der Waals surface area contributed by atoms with Gasteiger partial charge in [0.1, 0.15) is 12.7 Å². The summed E-state index contributed by atoms with van der Waals surface area (Å²) in [7, 11) is -4.64. The van der Waals surface area contributed by atoms with Gasteiger partial charge in [0.25, 0.3) is 0 Å². The van der Waals surface area contributed by atoms with Gasteiger partial charge in [-0.05, 0) is 63.7 Å². The highest BCUT2D eigenvalue weighted by molar-refractivity contribution is 7.47. The fourth-order valence-electron chi connectivity index (χ4n) is 6.77. The van der Waals surface area contributed by atoms with Crippen molar-refractivity contribution in [2.75, 3.05) is 26.4 Å². The molecule has 0 spiro atoms. The second kappa shape index (κ2) is 45.1. The molecule has 0 aliphatic heterocycles. The standard InChI is InChI=1S/C51H93O11P/c1-4-46(3)38-34-30-26-22-18-14-10-8-6-7-9-11-17-21-25-29-33-37-41-51(56)62-49(45-61-63(57,58)60-43-48(54)42-52)44-59-50(55)40-36-32-28-24-20-16-13-12-15-19-23-27-31-35-39-47(53)5-2/h13,15-16,19,24,27-28,31,46-49,52-54H,4-12,14,17-18,20-23,25-26,29-30,32-45H2,1-3H3,(H,57,58)/b16-13-,19-15-,28-24-,31-27-/t46?,47-,48-,49+/m0/s1. The molecule has 63 heavy (non-hydrogen) atoms. The van der Waals surface area contributed by atoms with E-state index in [0.717, 1.165) is 63.7 Å². The summed E-state index contributed by atoms with van der Waals surface area (Å²) in [5.74, 6) is -0.114. The summed E-state index contributed by atoms with van der Waals surface area (Å²) in [6, 6.07) is 0. The van der Waals surface area contributed by atoms with Crippen LogP contribution in [-0.2, 0) is 32.7 Å². The average molecular weight is 913 g/mol. The molecule has 0 bridgehead atoms. The molecular weight excluding hydrogens is 820 g/mol. The first-order valence-corrected chi connectivity index (χ1v) is 26.6. The SMILES string of the molecule is CCC(C)CCCCCCCCCCCCCCCCCCCCC(=O)O[C@H](COC(=O)CCC/C=C\C/C=C\C/C=C\C/C=C\CC[C@@H](O)CC)COP(=O)(O)OC[C@@H](O)CO. The van der Waals surface area contributed by atoms with Gasteiger partial charge in [-0.25, -0.2) is 4.57 Å². The van der Waals surface area contributed by atoms with Crippen LogP contribution >= 0.6 is 7.82 Å². The van der Waals surface area contributed by atoms with E-state index >= 15 is 0 Å². The van der Waals surface area contributed by atoms with E-state index in [1.807, 2.05) is 19.1 Å². The highest BCUT2D eigenvalue weighted by atomic mass is 31.2. The molecule has 0 aliphatic carbocycles. The number of ether oxygens (including phenoxy) is 2. The van der Waals surface area contributed by atoms with E-state index in [9.17, 15) is 29.3 Å². The maximum absolute atomic E-state index is 12.7. The van der Waals surface area contributed by atoms with E-state index in [-0.39, 0.29) is 25.6 Å². The van der Waals surface area contributed by atoms with E-state index < -0.39 is 51.8 Å². The van der Waals surface area contributed by atoms with Crippen molar-refractivity contribution in [3.05, 3.63) is 48.6 Å². The van der Waals surface area contributed by atoms with Gasteiger partial charge < -0.3 is 29.7 Å². The van der Waals surface area contributed by atoms with Crippen molar-refractivity contribution in [1.29, 1.82) is 0 Å². The van der Waals surface area contributed by atoms with Gasteiger partial charge in [0.2, 0.25) is 0 Å². The van der Waals surface area contributed by atoms with Gasteiger partial charge in [0, 0.05) is 12.8 Å². The second-order valence-electron chi connectivity index (χ2n) is 17.2. The second-order valence-corrected chi connectivity index (χ2v) is 18.7. The van der Waals surface area contributed by atoms with Crippen molar-refractivity contribution in [2.24, 2.45) is 5.92 Å². The Balaban J connectivity index is 4.26. The maximum atomic E-state index is 12.7. The van der Waals surface area contributed by atoms with Crippen LogP contribution in [0.25, 0.3) is 0 Å². The smallest absolute Gasteiger partial charge is 0.462 e. The maximum Gasteiger partial charge on any atom is 0.472 e. The molecule has 368 valence electrons. The Morgan fingerprint density at radius 2 is 0.968 bits per heavy atom. The topological polar surface area (TPSA) is 169 Å². The zero-order chi connectivity index (χ0) is 46.5. The van der Waals surface area contributed by atoms with Crippen LogP contribution in [0.5, 0.6) is 0 Å². The highest BCUT2D eigenvalue weighted by Crippen LogP contribution is 2.43. The molecule has 0 saturated heterocycles. The summed E-state index contributed by atoms with van der Waals surface area (Å²) < 4.78 is 32.8. The van der Waals surface area contributed by atoms with E-state index in [0.29, 0.717) is 19.3 Å². The zero-order valence-electron chi connectivity index (χ0n) is 40.1. The number of carbonyl (C=O) groups is 2. The Bertz CT molecular complexity index is 1220. The van der Waals surface area contributed by atoms with Crippen molar-refractivity contribution < 1.29 is 52.9 Å². The highest BCUT2D eigenvalue weighted by Gasteiger charge is 2.27. The first-order chi connectivity index (χ1) is 30.5. The number of hydrogen-bond acceptors (Lipinski definition) is 10. The van der Waals surface area contributed by atoms with Crippen LogP contribution in [0.2, 0.25) is 0 Å². The van der Waals surface area contributed by atoms with Crippen molar-refractivity contribution in [3.8, 4) is 0 Å². The molecule has 4 N–H and O–H groups in total. The normalized spacial score (nSPS) is 15.1. The molecule has 0 aromatic carbocycles. The summed E-state index contributed by atoms with van der Waals surface area (Å²) in [6.07, 6.45) is 46.0. The fourth-order valence-corrected chi connectivity index (χ4v) is 7.56. The molecule has 5 atom stereocenters. The molecule has 0 fully saturated rings. The van der Waals surface area contributed by atoms with Crippen LogP contribution in [0.3, 0.4) is 0 Å². The third kappa shape index (κ3) is 44.9. The van der Waals surface area contributed by atoms with Crippen LogP contribution in [-0.4, -0.2) is 76.9 Å². The zero-order valence-corrected chi connectivity index (χ0v) is 41.0. The van der Waals surface area contributed by atoms with Gasteiger partial charge in [0.15, 0.2) is 6.10 Å². The van der Waals surface area contributed by atoms with Crippen molar-refractivity contribution in [3.63, 3.8) is 0 Å². The predicted octanol–water partition coefficient (Wildman–Crippen LogP) is 12.9. The number of phosphoric acid groups is 1. The summed E-state index contributed by atoms with van der Waals surface area (Å²) in [5.41, 5.74) is 0. The minimum atomic E-state index is -4.64. The van der Waals surface area contributed by atoms with E-state index in [4.69, 9.17) is 23.6 Å². The number of hydrogen-bond donors (Lipinski definition) is 4. The Morgan fingerprint density at radius 1 is 0.524 bits per heavy atom. The van der Waals surface area contributed by atoms with Crippen molar-refractivity contribution in [1.82, 2.24) is 0 Å². The van der Waals surface area contributed by atoms with Crippen LogP contribution < -0.4 is 0 Å². The molecule has 0 amide bonds. The number of rotatable bonds is 46. The molecule has 2 unspecified atom stereocenters. The molecule has 0 aliphatic rings. The Kier molecular flexibility index (Phi) is 43.6. The summed E-state index contributed by atoms with van der Waals surface area (Å²) in [5, 5.41) is 28.0. The summed E-state index contributed by atoms with van der Waals surface area (Å²) in [6.45, 7) is 4.44. The van der Waals surface area contributed by atoms with E-state index in [2.05, 4.69) is 50.3 Å². The quantitative estimate of drug-likeness (QED) is 0.0198. The number of allylic oxidation sites excluding steroid dienone is 8. The minimum Gasteiger partial charge on any atom is -0.462 e. The first-order valence-electron chi connectivity index (χ1n) is 25.1. The van der Waals surface area contributed by atoms with Crippen molar-refractivity contribution in [2.45, 2.75) is 232 Å². The molecule has 0 radical (unpaired) electrons. The molecule has 0 saturated carbocycles. The Hall–Kier alpha value is -2.11. The van der Waals surface area contributed by atoms with Gasteiger partial charge in [0.05, 0.1) is 25.9 Å². The minimum absolute atomic E-state index is 0.153. The van der Waals surface area contributed by atoms with E-state index in [1.165, 1.54) is 103 Å². The Morgan fingerprint density at radius 3 is 1.46 bits per heavy atom. The van der Waals surface area contributed by atoms with Crippen LogP contribution in [0.1, 0.15) is 213 Å². The predicted molar refractivity (Wildman–Crippen MR) is 257 cm³/mol. The number of unbranched alkanes of at least 4 members (excludes halogenated alkanes) is 18. The summed E-state index contributed by atoms with van der Waals surface area (Å²) in [4.78, 5) is 35.1. The molecule has 0 aromatic rings. The Labute approximate surface area is 384 Å². The lowest BCUT2D eigenvalue weighted by Gasteiger charge is -2.20. The van der Waals surface area contributed by atoms with Crippen LogP contribution in [0, 0.1) is 5.92 Å². The number of phosphoric ester groups is 1. The lowest BCUT2D eigenvalue weighted by Crippen LogP contribution is -2.29.